The highest BCUT2D eigenvalue weighted by Crippen LogP contribution is 2.25. The number of halogens is 1. The molecule has 0 unspecified atom stereocenters. The first-order valence-electron chi connectivity index (χ1n) is 7.59. The molecule has 0 spiro atoms. The number of H-pyrrole nitrogens is 1. The van der Waals surface area contributed by atoms with Crippen molar-refractivity contribution in [3.8, 4) is 0 Å². The highest BCUT2D eigenvalue weighted by atomic mass is 19.1. The number of nitrogens with one attached hydrogen (secondary N) is 3. The molecule has 124 valence electrons. The van der Waals surface area contributed by atoms with E-state index in [1.54, 1.807) is 42.6 Å². The number of nitrogens with zero attached hydrogens (tertiary/aromatic N) is 1. The zero-order valence-corrected chi connectivity index (χ0v) is 13.0. The average molecular weight is 327 g/mol. The van der Waals surface area contributed by atoms with Gasteiger partial charge in [0.05, 0.1) is 5.39 Å². The summed E-state index contributed by atoms with van der Waals surface area (Å²) in [6, 6.07) is 10.5. The number of fused-ring (bicyclic) bond motifs is 1. The third-order valence-corrected chi connectivity index (χ3v) is 3.55. The Hall–Kier alpha value is -2.93. The molecule has 1 aromatic carbocycles. The maximum atomic E-state index is 12.8. The molecule has 0 bridgehead atoms. The Labute approximate surface area is 137 Å². The number of hydrogen-bond donors (Lipinski definition) is 4. The van der Waals surface area contributed by atoms with Crippen LogP contribution in [0.3, 0.4) is 0 Å². The summed E-state index contributed by atoms with van der Waals surface area (Å²) < 4.78 is 12.8. The van der Waals surface area contributed by atoms with E-state index < -0.39 is 6.67 Å². The van der Waals surface area contributed by atoms with Crippen molar-refractivity contribution in [1.29, 1.82) is 0 Å². The Balaban J connectivity index is 2.08. The zero-order chi connectivity index (χ0) is 16.9. The van der Waals surface area contributed by atoms with E-state index in [4.69, 9.17) is 5.73 Å². The number of aromatic nitrogens is 2. The Kier molecular flexibility index (Phi) is 4.72. The molecular formula is C17H18FN5O. The third kappa shape index (κ3) is 3.36. The van der Waals surface area contributed by atoms with E-state index in [1.165, 1.54) is 0 Å². The van der Waals surface area contributed by atoms with Gasteiger partial charge in [0.1, 0.15) is 18.3 Å². The van der Waals surface area contributed by atoms with E-state index in [0.717, 1.165) is 5.39 Å². The maximum Gasteiger partial charge on any atom is 0.259 e. The summed E-state index contributed by atoms with van der Waals surface area (Å²) in [5, 5.41) is 7.41. The molecule has 2 heterocycles. The number of pyridine rings is 2. The molecule has 3 aromatic rings. The number of nitrogens with two attached hydrogens (primary N) is 1. The van der Waals surface area contributed by atoms with Crippen molar-refractivity contribution in [3.63, 3.8) is 0 Å². The summed E-state index contributed by atoms with van der Waals surface area (Å²) >= 11 is 0. The summed E-state index contributed by atoms with van der Waals surface area (Å²) in [4.78, 5) is 19.3. The Morgan fingerprint density at radius 2 is 2.12 bits per heavy atom. The molecule has 0 radical (unpaired) electrons. The summed E-state index contributed by atoms with van der Waals surface area (Å²) in [6.45, 7) is 0.483. The molecule has 0 aliphatic rings. The van der Waals surface area contributed by atoms with Crippen molar-refractivity contribution < 1.29 is 4.39 Å². The lowest BCUT2D eigenvalue weighted by molar-refractivity contribution is 0.485. The van der Waals surface area contributed by atoms with Crippen LogP contribution in [0.15, 0.2) is 47.4 Å². The number of anilines is 3. The van der Waals surface area contributed by atoms with Crippen LogP contribution in [0.5, 0.6) is 0 Å². The molecule has 0 aliphatic carbocycles. The molecule has 3 rings (SSSR count). The molecule has 7 heteroatoms. The quantitative estimate of drug-likeness (QED) is 0.558. The van der Waals surface area contributed by atoms with Crippen molar-refractivity contribution in [2.24, 2.45) is 5.73 Å². The van der Waals surface area contributed by atoms with E-state index in [2.05, 4.69) is 20.6 Å². The number of benzene rings is 1. The van der Waals surface area contributed by atoms with E-state index in [1.807, 2.05) is 0 Å². The van der Waals surface area contributed by atoms with Crippen molar-refractivity contribution in [3.05, 3.63) is 58.5 Å². The molecule has 0 saturated carbocycles. The van der Waals surface area contributed by atoms with Gasteiger partial charge < -0.3 is 21.4 Å². The van der Waals surface area contributed by atoms with Crippen molar-refractivity contribution in [2.75, 3.05) is 23.7 Å². The standard InChI is InChI=1S/C17H18FN5O/c18-10-11-2-1-3-13(8-11)22-16-15-12(4-6-21-17(15)24)9-14(23-16)20-7-5-19/h1-4,6,8-9H,5,7,10,19H2,(H,21,24)(H2,20,22,23). The fourth-order valence-corrected chi connectivity index (χ4v) is 2.46. The first-order chi connectivity index (χ1) is 11.7. The second-order valence-electron chi connectivity index (χ2n) is 5.30. The van der Waals surface area contributed by atoms with Gasteiger partial charge >= 0.3 is 0 Å². The predicted molar refractivity (Wildman–Crippen MR) is 94.4 cm³/mol. The first kappa shape index (κ1) is 15.9. The highest BCUT2D eigenvalue weighted by molar-refractivity contribution is 5.94. The number of hydrogen-bond acceptors (Lipinski definition) is 5. The normalized spacial score (nSPS) is 10.8. The Morgan fingerprint density at radius 3 is 2.92 bits per heavy atom. The lowest BCUT2D eigenvalue weighted by atomic mass is 10.2. The van der Waals surface area contributed by atoms with Gasteiger partial charge in [0.2, 0.25) is 0 Å². The molecule has 2 aromatic heterocycles. The van der Waals surface area contributed by atoms with Gasteiger partial charge in [0.15, 0.2) is 0 Å². The number of aromatic amines is 1. The van der Waals surface area contributed by atoms with Crippen LogP contribution in [0.25, 0.3) is 10.8 Å². The van der Waals surface area contributed by atoms with Crippen molar-refractivity contribution in [1.82, 2.24) is 9.97 Å². The second kappa shape index (κ2) is 7.10. The largest absolute Gasteiger partial charge is 0.369 e. The van der Waals surface area contributed by atoms with Gasteiger partial charge in [-0.1, -0.05) is 12.1 Å². The lowest BCUT2D eigenvalue weighted by Gasteiger charge is -2.12. The Bertz CT molecular complexity index is 909. The smallest absolute Gasteiger partial charge is 0.259 e. The second-order valence-corrected chi connectivity index (χ2v) is 5.30. The molecule has 24 heavy (non-hydrogen) atoms. The number of alkyl halides is 1. The van der Waals surface area contributed by atoms with Crippen LogP contribution in [0, 0.1) is 0 Å². The minimum atomic E-state index is -0.553. The van der Waals surface area contributed by atoms with Gasteiger partial charge in [0.25, 0.3) is 5.56 Å². The van der Waals surface area contributed by atoms with Gasteiger partial charge in [-0.05, 0) is 35.2 Å². The van der Waals surface area contributed by atoms with Crippen LogP contribution in [0.4, 0.5) is 21.7 Å². The SMILES string of the molecule is NCCNc1cc2cc[nH]c(=O)c2c(Nc2cccc(CF)c2)n1. The van der Waals surface area contributed by atoms with Crippen LogP contribution >= 0.6 is 0 Å². The average Bonchev–Trinajstić information content (AvgIpc) is 2.60. The topological polar surface area (TPSA) is 95.8 Å². The fraction of sp³-hybridized carbons (Fsp3) is 0.176. The molecular weight excluding hydrogens is 309 g/mol. The summed E-state index contributed by atoms with van der Waals surface area (Å²) in [5.41, 5.74) is 6.49. The lowest BCUT2D eigenvalue weighted by Crippen LogP contribution is -2.15. The summed E-state index contributed by atoms with van der Waals surface area (Å²) in [7, 11) is 0. The van der Waals surface area contributed by atoms with Crippen LogP contribution in [-0.4, -0.2) is 23.1 Å². The molecule has 0 aliphatic heterocycles. The fourth-order valence-electron chi connectivity index (χ4n) is 2.46. The first-order valence-corrected chi connectivity index (χ1v) is 7.59. The van der Waals surface area contributed by atoms with Crippen molar-refractivity contribution in [2.45, 2.75) is 6.67 Å². The highest BCUT2D eigenvalue weighted by Gasteiger charge is 2.10. The molecule has 0 saturated heterocycles. The van der Waals surface area contributed by atoms with Crippen molar-refractivity contribution >= 4 is 28.1 Å². The van der Waals surface area contributed by atoms with Crippen LogP contribution < -0.4 is 21.9 Å². The van der Waals surface area contributed by atoms with Crippen LogP contribution in [0.2, 0.25) is 0 Å². The van der Waals surface area contributed by atoms with Gasteiger partial charge in [-0.3, -0.25) is 4.79 Å². The van der Waals surface area contributed by atoms with E-state index in [0.29, 0.717) is 41.4 Å². The van der Waals surface area contributed by atoms with Crippen LogP contribution in [-0.2, 0) is 6.67 Å². The van der Waals surface area contributed by atoms with Gasteiger partial charge in [-0.25, -0.2) is 9.37 Å². The molecule has 0 fully saturated rings. The molecule has 5 N–H and O–H groups in total. The molecule has 0 amide bonds. The molecule has 6 nitrogen and oxygen atoms in total. The van der Waals surface area contributed by atoms with Gasteiger partial charge in [0, 0.05) is 25.0 Å². The third-order valence-electron chi connectivity index (χ3n) is 3.55. The zero-order valence-electron chi connectivity index (χ0n) is 13.0. The van der Waals surface area contributed by atoms with E-state index in [9.17, 15) is 9.18 Å². The number of rotatable bonds is 6. The predicted octanol–water partition coefficient (Wildman–Crippen LogP) is 2.51. The minimum absolute atomic E-state index is 0.241. The summed E-state index contributed by atoms with van der Waals surface area (Å²) in [6.07, 6.45) is 1.59. The van der Waals surface area contributed by atoms with Gasteiger partial charge in [-0.2, -0.15) is 0 Å². The molecule has 0 atom stereocenters. The van der Waals surface area contributed by atoms with E-state index in [-0.39, 0.29) is 5.56 Å². The Morgan fingerprint density at radius 1 is 1.25 bits per heavy atom. The minimum Gasteiger partial charge on any atom is -0.369 e. The van der Waals surface area contributed by atoms with Gasteiger partial charge in [-0.15, -0.1) is 0 Å². The summed E-state index contributed by atoms with van der Waals surface area (Å²) in [5.74, 6) is 1.02. The monoisotopic (exact) mass is 327 g/mol. The maximum absolute atomic E-state index is 12.8. The van der Waals surface area contributed by atoms with Crippen LogP contribution in [0.1, 0.15) is 5.56 Å². The van der Waals surface area contributed by atoms with E-state index >= 15 is 0 Å².